The van der Waals surface area contributed by atoms with E-state index in [1.165, 1.54) is 12.0 Å². The SMILES string of the molecule is CCCNCCNCc1ccoc1. The molecule has 3 heteroatoms. The van der Waals surface area contributed by atoms with Gasteiger partial charge in [-0.3, -0.25) is 0 Å². The van der Waals surface area contributed by atoms with Crippen molar-refractivity contribution < 1.29 is 4.42 Å². The Morgan fingerprint density at radius 3 is 2.77 bits per heavy atom. The van der Waals surface area contributed by atoms with Crippen molar-refractivity contribution in [3.63, 3.8) is 0 Å². The van der Waals surface area contributed by atoms with E-state index in [1.807, 2.05) is 6.07 Å². The summed E-state index contributed by atoms with van der Waals surface area (Å²) in [5, 5.41) is 6.65. The average Bonchev–Trinajstić information content (AvgIpc) is 2.63. The zero-order valence-corrected chi connectivity index (χ0v) is 8.18. The minimum absolute atomic E-state index is 0.893. The van der Waals surface area contributed by atoms with Crippen LogP contribution in [0.1, 0.15) is 18.9 Å². The molecule has 0 atom stereocenters. The molecule has 0 unspecified atom stereocenters. The van der Waals surface area contributed by atoms with Gasteiger partial charge in [-0.1, -0.05) is 6.92 Å². The van der Waals surface area contributed by atoms with Crippen LogP contribution in [0.4, 0.5) is 0 Å². The molecule has 2 N–H and O–H groups in total. The minimum atomic E-state index is 0.893. The van der Waals surface area contributed by atoms with E-state index in [2.05, 4.69) is 17.6 Å². The molecule has 0 bridgehead atoms. The molecule has 3 nitrogen and oxygen atoms in total. The summed E-state index contributed by atoms with van der Waals surface area (Å²) in [7, 11) is 0. The van der Waals surface area contributed by atoms with Crippen molar-refractivity contribution in [3.05, 3.63) is 24.2 Å². The molecule has 1 heterocycles. The number of rotatable bonds is 7. The van der Waals surface area contributed by atoms with Crippen molar-refractivity contribution in [2.24, 2.45) is 0 Å². The summed E-state index contributed by atoms with van der Waals surface area (Å²) in [6, 6.07) is 1.98. The van der Waals surface area contributed by atoms with Gasteiger partial charge >= 0.3 is 0 Å². The van der Waals surface area contributed by atoms with E-state index in [-0.39, 0.29) is 0 Å². The number of furan rings is 1. The van der Waals surface area contributed by atoms with Crippen LogP contribution in [0, 0.1) is 0 Å². The lowest BCUT2D eigenvalue weighted by atomic mass is 10.3. The molecule has 0 aromatic carbocycles. The third-order valence-corrected chi connectivity index (χ3v) is 1.81. The Labute approximate surface area is 79.5 Å². The fraction of sp³-hybridized carbons (Fsp3) is 0.600. The summed E-state index contributed by atoms with van der Waals surface area (Å²) >= 11 is 0. The minimum Gasteiger partial charge on any atom is -0.472 e. The average molecular weight is 182 g/mol. The van der Waals surface area contributed by atoms with E-state index in [4.69, 9.17) is 4.42 Å². The second-order valence-electron chi connectivity index (χ2n) is 3.06. The van der Waals surface area contributed by atoms with Gasteiger partial charge in [-0.25, -0.2) is 0 Å². The molecule has 0 aliphatic heterocycles. The second kappa shape index (κ2) is 6.69. The first-order valence-electron chi connectivity index (χ1n) is 4.86. The van der Waals surface area contributed by atoms with Gasteiger partial charge in [0.2, 0.25) is 0 Å². The Kier molecular flexibility index (Phi) is 5.29. The van der Waals surface area contributed by atoms with Crippen LogP contribution in [-0.4, -0.2) is 19.6 Å². The highest BCUT2D eigenvalue weighted by Gasteiger charge is 1.92. The lowest BCUT2D eigenvalue weighted by Crippen LogP contribution is -2.27. The van der Waals surface area contributed by atoms with Crippen LogP contribution in [0.2, 0.25) is 0 Å². The molecular weight excluding hydrogens is 164 g/mol. The topological polar surface area (TPSA) is 37.2 Å². The smallest absolute Gasteiger partial charge is 0.0947 e. The zero-order valence-electron chi connectivity index (χ0n) is 8.18. The predicted octanol–water partition coefficient (Wildman–Crippen LogP) is 1.37. The lowest BCUT2D eigenvalue weighted by molar-refractivity contribution is 0.558. The third kappa shape index (κ3) is 4.70. The van der Waals surface area contributed by atoms with Crippen LogP contribution >= 0.6 is 0 Å². The molecule has 0 radical (unpaired) electrons. The molecule has 0 fully saturated rings. The summed E-state index contributed by atoms with van der Waals surface area (Å²) in [6.07, 6.45) is 4.67. The van der Waals surface area contributed by atoms with Gasteiger partial charge in [-0.05, 0) is 19.0 Å². The van der Waals surface area contributed by atoms with Gasteiger partial charge in [-0.2, -0.15) is 0 Å². The fourth-order valence-electron chi connectivity index (χ4n) is 1.10. The maximum Gasteiger partial charge on any atom is 0.0947 e. The summed E-state index contributed by atoms with van der Waals surface area (Å²) in [6.45, 7) is 6.21. The number of hydrogen-bond acceptors (Lipinski definition) is 3. The molecule has 1 aromatic rings. The first-order valence-corrected chi connectivity index (χ1v) is 4.86. The van der Waals surface area contributed by atoms with Gasteiger partial charge in [0.1, 0.15) is 0 Å². The second-order valence-corrected chi connectivity index (χ2v) is 3.06. The first kappa shape index (κ1) is 10.3. The van der Waals surface area contributed by atoms with E-state index in [0.29, 0.717) is 0 Å². The van der Waals surface area contributed by atoms with E-state index >= 15 is 0 Å². The largest absolute Gasteiger partial charge is 0.472 e. The maximum atomic E-state index is 4.95. The van der Waals surface area contributed by atoms with E-state index in [0.717, 1.165) is 26.2 Å². The van der Waals surface area contributed by atoms with Crippen molar-refractivity contribution >= 4 is 0 Å². The highest BCUT2D eigenvalue weighted by Crippen LogP contribution is 1.97. The Morgan fingerprint density at radius 2 is 2.08 bits per heavy atom. The third-order valence-electron chi connectivity index (χ3n) is 1.81. The molecule has 74 valence electrons. The molecule has 0 amide bonds. The normalized spacial score (nSPS) is 10.5. The molecule has 0 saturated heterocycles. The standard InChI is InChI=1S/C10H18N2O/c1-2-4-11-5-6-12-8-10-3-7-13-9-10/h3,7,9,11-12H,2,4-6,8H2,1H3. The Hall–Kier alpha value is -0.800. The van der Waals surface area contributed by atoms with Crippen LogP contribution in [0.5, 0.6) is 0 Å². The van der Waals surface area contributed by atoms with Gasteiger partial charge < -0.3 is 15.1 Å². The highest BCUT2D eigenvalue weighted by molar-refractivity contribution is 5.04. The van der Waals surface area contributed by atoms with Crippen LogP contribution in [0.3, 0.4) is 0 Å². The number of hydrogen-bond donors (Lipinski definition) is 2. The predicted molar refractivity (Wildman–Crippen MR) is 53.6 cm³/mol. The van der Waals surface area contributed by atoms with Crippen LogP contribution in [0.15, 0.2) is 23.0 Å². The van der Waals surface area contributed by atoms with Gasteiger partial charge in [0.05, 0.1) is 12.5 Å². The molecule has 13 heavy (non-hydrogen) atoms. The first-order chi connectivity index (χ1) is 6.43. The summed E-state index contributed by atoms with van der Waals surface area (Å²) in [5.41, 5.74) is 1.20. The monoisotopic (exact) mass is 182 g/mol. The Balaban J connectivity index is 1.90. The maximum absolute atomic E-state index is 4.95. The Morgan fingerprint density at radius 1 is 1.23 bits per heavy atom. The highest BCUT2D eigenvalue weighted by atomic mass is 16.3. The van der Waals surface area contributed by atoms with Crippen molar-refractivity contribution in [3.8, 4) is 0 Å². The van der Waals surface area contributed by atoms with E-state index < -0.39 is 0 Å². The van der Waals surface area contributed by atoms with Gasteiger partial charge in [-0.15, -0.1) is 0 Å². The summed E-state index contributed by atoms with van der Waals surface area (Å²) in [4.78, 5) is 0. The van der Waals surface area contributed by atoms with Crippen LogP contribution in [-0.2, 0) is 6.54 Å². The number of nitrogens with one attached hydrogen (secondary N) is 2. The molecule has 0 aliphatic rings. The molecule has 1 rings (SSSR count). The zero-order chi connectivity index (χ0) is 9.36. The van der Waals surface area contributed by atoms with E-state index in [1.54, 1.807) is 12.5 Å². The van der Waals surface area contributed by atoms with Gasteiger partial charge in [0, 0.05) is 25.2 Å². The molecule has 0 saturated carbocycles. The van der Waals surface area contributed by atoms with E-state index in [9.17, 15) is 0 Å². The van der Waals surface area contributed by atoms with Crippen LogP contribution < -0.4 is 10.6 Å². The Bertz CT molecular complexity index is 197. The quantitative estimate of drug-likeness (QED) is 0.625. The lowest BCUT2D eigenvalue weighted by Gasteiger charge is -2.03. The van der Waals surface area contributed by atoms with Crippen molar-refractivity contribution in [2.45, 2.75) is 19.9 Å². The van der Waals surface area contributed by atoms with Gasteiger partial charge in [0.15, 0.2) is 0 Å². The van der Waals surface area contributed by atoms with Crippen molar-refractivity contribution in [2.75, 3.05) is 19.6 Å². The van der Waals surface area contributed by atoms with Crippen molar-refractivity contribution in [1.29, 1.82) is 0 Å². The van der Waals surface area contributed by atoms with Crippen molar-refractivity contribution in [1.82, 2.24) is 10.6 Å². The summed E-state index contributed by atoms with van der Waals surface area (Å²) < 4.78 is 4.95. The molecule has 1 aromatic heterocycles. The molecule has 0 spiro atoms. The van der Waals surface area contributed by atoms with Crippen LogP contribution in [0.25, 0.3) is 0 Å². The molecule has 0 aliphatic carbocycles. The van der Waals surface area contributed by atoms with Gasteiger partial charge in [0.25, 0.3) is 0 Å². The fourth-order valence-corrected chi connectivity index (χ4v) is 1.10. The summed E-state index contributed by atoms with van der Waals surface area (Å²) in [5.74, 6) is 0. The molecular formula is C10H18N2O.